The minimum Gasteiger partial charge on any atom is -0.0619 e. The van der Waals surface area contributed by atoms with Crippen LogP contribution >= 0.6 is 0 Å². The molecule has 2 aliphatic carbocycles. The molecule has 0 amide bonds. The molecule has 6 aromatic rings. The number of rotatable bonds is 0. The molecule has 0 heterocycles. The van der Waals surface area contributed by atoms with Crippen molar-refractivity contribution in [1.82, 2.24) is 0 Å². The fourth-order valence-corrected chi connectivity index (χ4v) is 6.84. The second kappa shape index (κ2) is 6.49. The summed E-state index contributed by atoms with van der Waals surface area (Å²) >= 11 is 0. The zero-order valence-electron chi connectivity index (χ0n) is 19.9. The zero-order valence-corrected chi connectivity index (χ0v) is 19.9. The highest BCUT2D eigenvalue weighted by molar-refractivity contribution is 6.02. The Morgan fingerprint density at radius 2 is 0.914 bits per heavy atom. The third-order valence-electron chi connectivity index (χ3n) is 8.32. The van der Waals surface area contributed by atoms with Crippen molar-refractivity contribution < 1.29 is 0 Å². The van der Waals surface area contributed by atoms with Crippen molar-refractivity contribution in [1.29, 1.82) is 0 Å². The third kappa shape index (κ3) is 2.32. The van der Waals surface area contributed by atoms with Crippen molar-refractivity contribution in [2.24, 2.45) is 0 Å². The molecule has 0 heteroatoms. The standard InChI is InChI=1S/C35H24/c1-21-11-13-25-18-30-28-14-12-22(2)16-32(28)35(34(30)20-26(25)15-21)31-10-6-5-9-27(31)29-17-23-7-3-4-8-24(23)19-33(29)35/h3-20H,1-2H3. The SMILES string of the molecule is Cc1ccc2c(c1)C1(c3ccccc3-c3cc4ccccc4cc31)c1cc3cc(C)ccc3cc1-2. The summed E-state index contributed by atoms with van der Waals surface area (Å²) in [4.78, 5) is 0. The Kier molecular flexibility index (Phi) is 3.56. The van der Waals surface area contributed by atoms with Gasteiger partial charge in [-0.3, -0.25) is 0 Å². The normalized spacial score (nSPS) is 17.0. The maximum absolute atomic E-state index is 2.48. The van der Waals surface area contributed by atoms with E-state index in [0.717, 1.165) is 0 Å². The molecule has 0 bridgehead atoms. The first kappa shape index (κ1) is 19.2. The molecule has 1 spiro atoms. The van der Waals surface area contributed by atoms with Crippen molar-refractivity contribution in [3.05, 3.63) is 143 Å². The predicted molar refractivity (Wildman–Crippen MR) is 147 cm³/mol. The minimum absolute atomic E-state index is 0.301. The third-order valence-corrected chi connectivity index (χ3v) is 8.32. The quantitative estimate of drug-likeness (QED) is 0.219. The second-order valence-corrected chi connectivity index (χ2v) is 10.3. The highest BCUT2D eigenvalue weighted by Crippen LogP contribution is 2.63. The van der Waals surface area contributed by atoms with Crippen LogP contribution in [0.1, 0.15) is 33.4 Å². The first-order valence-corrected chi connectivity index (χ1v) is 12.4. The molecule has 35 heavy (non-hydrogen) atoms. The van der Waals surface area contributed by atoms with Crippen LogP contribution in [0.25, 0.3) is 43.8 Å². The van der Waals surface area contributed by atoms with E-state index in [2.05, 4.69) is 123 Å². The van der Waals surface area contributed by atoms with E-state index in [9.17, 15) is 0 Å². The molecule has 0 aliphatic heterocycles. The molecule has 1 atom stereocenters. The molecular weight excluding hydrogens is 420 g/mol. The van der Waals surface area contributed by atoms with Gasteiger partial charge in [0.1, 0.15) is 0 Å². The van der Waals surface area contributed by atoms with E-state index >= 15 is 0 Å². The Bertz CT molecular complexity index is 1870. The van der Waals surface area contributed by atoms with Gasteiger partial charge in [0.2, 0.25) is 0 Å². The Morgan fingerprint density at radius 3 is 1.71 bits per heavy atom. The summed E-state index contributed by atoms with van der Waals surface area (Å²) in [5.41, 5.74) is 13.4. The molecule has 0 nitrogen and oxygen atoms in total. The fourth-order valence-electron chi connectivity index (χ4n) is 6.84. The van der Waals surface area contributed by atoms with Crippen LogP contribution in [0.3, 0.4) is 0 Å². The molecule has 0 saturated carbocycles. The zero-order chi connectivity index (χ0) is 23.3. The Balaban J connectivity index is 1.61. The molecule has 164 valence electrons. The predicted octanol–water partition coefficient (Wildman–Crippen LogP) is 8.95. The fraction of sp³-hybridized carbons (Fsp3) is 0.0857. The van der Waals surface area contributed by atoms with Crippen molar-refractivity contribution in [3.8, 4) is 22.3 Å². The average molecular weight is 445 g/mol. The van der Waals surface area contributed by atoms with Gasteiger partial charge >= 0.3 is 0 Å². The van der Waals surface area contributed by atoms with E-state index in [1.165, 1.54) is 77.2 Å². The van der Waals surface area contributed by atoms with Gasteiger partial charge in [0.05, 0.1) is 5.41 Å². The maximum Gasteiger partial charge on any atom is 0.0726 e. The Morgan fingerprint density at radius 1 is 0.371 bits per heavy atom. The summed E-state index contributed by atoms with van der Waals surface area (Å²) in [7, 11) is 0. The Labute approximate surface area is 205 Å². The van der Waals surface area contributed by atoms with Gasteiger partial charge < -0.3 is 0 Å². The largest absolute Gasteiger partial charge is 0.0726 e. The molecule has 6 aromatic carbocycles. The van der Waals surface area contributed by atoms with Gasteiger partial charge in [0.25, 0.3) is 0 Å². The first-order valence-electron chi connectivity index (χ1n) is 12.4. The number of hydrogen-bond donors (Lipinski definition) is 0. The summed E-state index contributed by atoms with van der Waals surface area (Å²) in [6, 6.07) is 41.5. The molecule has 0 aromatic heterocycles. The van der Waals surface area contributed by atoms with Crippen LogP contribution in [0.2, 0.25) is 0 Å². The topological polar surface area (TPSA) is 0 Å². The monoisotopic (exact) mass is 444 g/mol. The molecule has 0 radical (unpaired) electrons. The van der Waals surface area contributed by atoms with Crippen LogP contribution in [0, 0.1) is 13.8 Å². The lowest BCUT2D eigenvalue weighted by atomic mass is 9.70. The molecule has 2 aliphatic rings. The van der Waals surface area contributed by atoms with Crippen LogP contribution in [0.5, 0.6) is 0 Å². The van der Waals surface area contributed by atoms with Crippen LogP contribution in [0.4, 0.5) is 0 Å². The molecule has 0 N–H and O–H groups in total. The van der Waals surface area contributed by atoms with Crippen molar-refractivity contribution >= 4 is 21.5 Å². The van der Waals surface area contributed by atoms with Crippen molar-refractivity contribution in [2.75, 3.05) is 0 Å². The van der Waals surface area contributed by atoms with Crippen LogP contribution < -0.4 is 0 Å². The summed E-state index contributed by atoms with van der Waals surface area (Å²) in [6.07, 6.45) is 0. The van der Waals surface area contributed by atoms with Crippen LogP contribution in [-0.2, 0) is 5.41 Å². The second-order valence-electron chi connectivity index (χ2n) is 10.3. The number of fused-ring (bicyclic) bond motifs is 12. The number of aryl methyl sites for hydroxylation is 2. The van der Waals surface area contributed by atoms with Gasteiger partial charge in [0, 0.05) is 0 Å². The van der Waals surface area contributed by atoms with Gasteiger partial charge in [-0.05, 0) is 104 Å². The van der Waals surface area contributed by atoms with E-state index in [4.69, 9.17) is 0 Å². The van der Waals surface area contributed by atoms with Gasteiger partial charge in [-0.2, -0.15) is 0 Å². The lowest BCUT2D eigenvalue weighted by Crippen LogP contribution is -2.26. The van der Waals surface area contributed by atoms with E-state index < -0.39 is 0 Å². The Hall–Kier alpha value is -4.16. The van der Waals surface area contributed by atoms with E-state index in [-0.39, 0.29) is 5.41 Å². The van der Waals surface area contributed by atoms with Crippen molar-refractivity contribution in [2.45, 2.75) is 19.3 Å². The maximum atomic E-state index is 2.48. The molecule has 0 saturated heterocycles. The lowest BCUT2D eigenvalue weighted by Gasteiger charge is -2.31. The average Bonchev–Trinajstić information content (AvgIpc) is 3.32. The molecule has 1 unspecified atom stereocenters. The summed E-state index contributed by atoms with van der Waals surface area (Å²) in [6.45, 7) is 4.41. The van der Waals surface area contributed by atoms with Crippen LogP contribution in [-0.4, -0.2) is 0 Å². The van der Waals surface area contributed by atoms with Crippen molar-refractivity contribution in [3.63, 3.8) is 0 Å². The van der Waals surface area contributed by atoms with Gasteiger partial charge in [-0.25, -0.2) is 0 Å². The highest BCUT2D eigenvalue weighted by Gasteiger charge is 2.51. The van der Waals surface area contributed by atoms with Crippen LogP contribution in [0.15, 0.2) is 109 Å². The minimum atomic E-state index is -0.301. The number of hydrogen-bond acceptors (Lipinski definition) is 0. The van der Waals surface area contributed by atoms with Gasteiger partial charge in [-0.1, -0.05) is 96.1 Å². The first-order chi connectivity index (χ1) is 17.1. The summed E-state index contributed by atoms with van der Waals surface area (Å²) < 4.78 is 0. The summed E-state index contributed by atoms with van der Waals surface area (Å²) in [5, 5.41) is 5.23. The highest BCUT2D eigenvalue weighted by atomic mass is 14.5. The molecule has 8 rings (SSSR count). The van der Waals surface area contributed by atoms with Gasteiger partial charge in [-0.15, -0.1) is 0 Å². The van der Waals surface area contributed by atoms with Gasteiger partial charge in [0.15, 0.2) is 0 Å². The lowest BCUT2D eigenvalue weighted by molar-refractivity contribution is 0.795. The van der Waals surface area contributed by atoms with E-state index in [1.54, 1.807) is 0 Å². The van der Waals surface area contributed by atoms with E-state index in [0.29, 0.717) is 0 Å². The summed E-state index contributed by atoms with van der Waals surface area (Å²) in [5.74, 6) is 0. The van der Waals surface area contributed by atoms with E-state index in [1.807, 2.05) is 0 Å². The smallest absolute Gasteiger partial charge is 0.0619 e. The molecular formula is C35H24. The molecule has 0 fully saturated rings. The number of benzene rings is 6.